The zero-order valence-corrected chi connectivity index (χ0v) is 16.5. The Bertz CT molecular complexity index is 1110. The van der Waals surface area contributed by atoms with E-state index in [1.807, 2.05) is 4.90 Å². The van der Waals surface area contributed by atoms with Crippen LogP contribution in [0.15, 0.2) is 24.5 Å². The highest BCUT2D eigenvalue weighted by atomic mass is 32.1. The highest BCUT2D eigenvalue weighted by Gasteiger charge is 2.24. The van der Waals surface area contributed by atoms with Crippen molar-refractivity contribution in [2.24, 2.45) is 5.92 Å². The average Bonchev–Trinajstić information content (AvgIpc) is 3.17. The van der Waals surface area contributed by atoms with Crippen LogP contribution in [0.25, 0.3) is 10.2 Å². The van der Waals surface area contributed by atoms with Gasteiger partial charge in [0.05, 0.1) is 18.2 Å². The van der Waals surface area contributed by atoms with Crippen LogP contribution in [0.2, 0.25) is 0 Å². The van der Waals surface area contributed by atoms with Gasteiger partial charge in [-0.1, -0.05) is 11.3 Å². The van der Waals surface area contributed by atoms with E-state index in [1.165, 1.54) is 18.3 Å². The summed E-state index contributed by atoms with van der Waals surface area (Å²) >= 11 is 1.33. The number of fused-ring (bicyclic) bond motifs is 1. The van der Waals surface area contributed by atoms with Gasteiger partial charge in [0.1, 0.15) is 16.0 Å². The summed E-state index contributed by atoms with van der Waals surface area (Å²) in [5.41, 5.74) is 0.828. The number of pyridine rings is 2. The van der Waals surface area contributed by atoms with Gasteiger partial charge in [0.15, 0.2) is 16.8 Å². The number of anilines is 4. The van der Waals surface area contributed by atoms with E-state index >= 15 is 0 Å². The van der Waals surface area contributed by atoms with Crippen molar-refractivity contribution in [2.75, 3.05) is 28.6 Å². The second-order valence-corrected chi connectivity index (χ2v) is 7.76. The smallest absolute Gasteiger partial charge is 0.221 e. The average molecular weight is 411 g/mol. The lowest BCUT2D eigenvalue weighted by atomic mass is 10.0. The molecule has 1 unspecified atom stereocenters. The van der Waals surface area contributed by atoms with E-state index in [4.69, 9.17) is 0 Å². The lowest BCUT2D eigenvalue weighted by molar-refractivity contribution is -0.114. The van der Waals surface area contributed by atoms with Crippen molar-refractivity contribution >= 4 is 49.9 Å². The van der Waals surface area contributed by atoms with Gasteiger partial charge < -0.3 is 15.5 Å². The summed E-state index contributed by atoms with van der Waals surface area (Å²) in [4.78, 5) is 26.1. The van der Waals surface area contributed by atoms with Crippen molar-refractivity contribution in [1.82, 2.24) is 15.0 Å². The highest BCUT2D eigenvalue weighted by molar-refractivity contribution is 7.22. The van der Waals surface area contributed by atoms with Crippen LogP contribution >= 0.6 is 11.3 Å². The molecule has 2 N–H and O–H groups in total. The van der Waals surface area contributed by atoms with Gasteiger partial charge >= 0.3 is 0 Å². The van der Waals surface area contributed by atoms with E-state index in [1.54, 1.807) is 18.3 Å². The molecule has 3 aromatic rings. The number of hydrogen-bond donors (Lipinski definition) is 2. The molecule has 0 aliphatic carbocycles. The molecule has 10 heteroatoms. The number of nitrogens with zero attached hydrogens (tertiary/aromatic N) is 5. The maximum atomic E-state index is 14.4. The molecule has 0 spiro atoms. The number of aromatic nitrogens is 3. The van der Waals surface area contributed by atoms with E-state index in [-0.39, 0.29) is 17.3 Å². The number of carbonyl (C=O) groups is 1. The molecule has 1 saturated heterocycles. The molecule has 1 aliphatic rings. The van der Waals surface area contributed by atoms with Crippen molar-refractivity contribution in [2.45, 2.75) is 19.8 Å². The van der Waals surface area contributed by atoms with Crippen molar-refractivity contribution in [3.8, 4) is 6.07 Å². The first-order valence-electron chi connectivity index (χ1n) is 9.14. The lowest BCUT2D eigenvalue weighted by Crippen LogP contribution is -2.34. The van der Waals surface area contributed by atoms with Crippen LogP contribution in [-0.2, 0) is 4.79 Å². The zero-order valence-electron chi connectivity index (χ0n) is 15.6. The summed E-state index contributed by atoms with van der Waals surface area (Å²) in [6.45, 7) is 2.81. The summed E-state index contributed by atoms with van der Waals surface area (Å²) in [6, 6.07) is 5.65. The quantitative estimate of drug-likeness (QED) is 0.674. The largest absolute Gasteiger partial charge is 0.347 e. The minimum atomic E-state index is -0.498. The molecular weight excluding hydrogens is 393 g/mol. The fourth-order valence-corrected chi connectivity index (χ4v) is 4.31. The molecule has 1 fully saturated rings. The Labute approximate surface area is 170 Å². The second kappa shape index (κ2) is 7.97. The molecule has 1 atom stereocenters. The van der Waals surface area contributed by atoms with Crippen LogP contribution in [0.3, 0.4) is 0 Å². The standard InChI is InChI=1S/C19H18FN7OS/c1-11(28)24-13-4-5-22-15(7-13)25-18-17-16(14(20)9-23-18)26-19(29-17)27-6-2-3-12(8-21)10-27/h4-5,7,9,12H,2-3,6,10H2,1H3,(H2,22,23,24,25,28). The highest BCUT2D eigenvalue weighted by Crippen LogP contribution is 2.36. The van der Waals surface area contributed by atoms with Gasteiger partial charge in [-0.3, -0.25) is 4.79 Å². The van der Waals surface area contributed by atoms with Gasteiger partial charge in [0, 0.05) is 38.0 Å². The number of halogens is 1. The number of rotatable bonds is 4. The molecule has 148 valence electrons. The van der Waals surface area contributed by atoms with Crippen LogP contribution in [0.5, 0.6) is 0 Å². The first kappa shape index (κ1) is 19.0. The van der Waals surface area contributed by atoms with Gasteiger partial charge in [-0.2, -0.15) is 5.26 Å². The minimum Gasteiger partial charge on any atom is -0.347 e. The predicted molar refractivity (Wildman–Crippen MR) is 110 cm³/mol. The molecule has 0 aromatic carbocycles. The third-order valence-electron chi connectivity index (χ3n) is 4.57. The Hall–Kier alpha value is -3.32. The molecular formula is C19H18FN7OS. The van der Waals surface area contributed by atoms with E-state index < -0.39 is 5.82 Å². The van der Waals surface area contributed by atoms with Crippen LogP contribution in [0, 0.1) is 23.1 Å². The number of thiazole rings is 1. The van der Waals surface area contributed by atoms with Crippen LogP contribution in [0.1, 0.15) is 19.8 Å². The topological polar surface area (TPSA) is 107 Å². The molecule has 0 saturated carbocycles. The minimum absolute atomic E-state index is 0.0444. The molecule has 3 aromatic heterocycles. The Kier molecular flexibility index (Phi) is 5.22. The summed E-state index contributed by atoms with van der Waals surface area (Å²) < 4.78 is 14.9. The van der Waals surface area contributed by atoms with Gasteiger partial charge in [0.25, 0.3) is 0 Å². The Morgan fingerprint density at radius 2 is 2.31 bits per heavy atom. The first-order valence-corrected chi connectivity index (χ1v) is 9.95. The SMILES string of the molecule is CC(=O)Nc1ccnc(Nc2ncc(F)c3nc(N4CCCC(C#N)C4)sc23)c1. The van der Waals surface area contributed by atoms with Crippen molar-refractivity contribution in [3.05, 3.63) is 30.3 Å². The molecule has 0 radical (unpaired) electrons. The van der Waals surface area contributed by atoms with Crippen molar-refractivity contribution in [3.63, 3.8) is 0 Å². The predicted octanol–water partition coefficient (Wildman–Crippen LogP) is 3.67. The molecule has 4 heterocycles. The maximum Gasteiger partial charge on any atom is 0.221 e. The fourth-order valence-electron chi connectivity index (χ4n) is 3.25. The number of hydrogen-bond acceptors (Lipinski definition) is 8. The Morgan fingerprint density at radius 1 is 1.45 bits per heavy atom. The first-order chi connectivity index (χ1) is 14.0. The van der Waals surface area contributed by atoms with Crippen molar-refractivity contribution in [1.29, 1.82) is 5.26 Å². The van der Waals surface area contributed by atoms with Crippen LogP contribution in [0.4, 0.5) is 26.8 Å². The van der Waals surface area contributed by atoms with E-state index in [9.17, 15) is 14.4 Å². The molecule has 29 heavy (non-hydrogen) atoms. The number of piperidine rings is 1. The third-order valence-corrected chi connectivity index (χ3v) is 5.69. The van der Waals surface area contributed by atoms with Crippen molar-refractivity contribution < 1.29 is 9.18 Å². The monoisotopic (exact) mass is 411 g/mol. The Balaban J connectivity index is 1.65. The molecule has 1 aliphatic heterocycles. The van der Waals surface area contributed by atoms with E-state index in [2.05, 4.69) is 31.7 Å². The van der Waals surface area contributed by atoms with Gasteiger partial charge in [0.2, 0.25) is 5.91 Å². The number of amides is 1. The van der Waals surface area contributed by atoms with Gasteiger partial charge in [-0.25, -0.2) is 19.3 Å². The van der Waals surface area contributed by atoms with Gasteiger partial charge in [-0.05, 0) is 18.9 Å². The van der Waals surface area contributed by atoms with Crippen LogP contribution < -0.4 is 15.5 Å². The summed E-state index contributed by atoms with van der Waals surface area (Å²) in [5.74, 6) is 0.174. The fraction of sp³-hybridized carbons (Fsp3) is 0.316. The van der Waals surface area contributed by atoms with Gasteiger partial charge in [-0.15, -0.1) is 0 Å². The molecule has 8 nitrogen and oxygen atoms in total. The second-order valence-electron chi connectivity index (χ2n) is 6.78. The number of nitrogens with one attached hydrogen (secondary N) is 2. The lowest BCUT2D eigenvalue weighted by Gasteiger charge is -2.28. The summed E-state index contributed by atoms with van der Waals surface area (Å²) in [7, 11) is 0. The number of nitriles is 1. The molecule has 1 amide bonds. The Morgan fingerprint density at radius 3 is 3.10 bits per heavy atom. The summed E-state index contributed by atoms with van der Waals surface area (Å²) in [5, 5.41) is 15.7. The maximum absolute atomic E-state index is 14.4. The third kappa shape index (κ3) is 4.09. The normalized spacial score (nSPS) is 16.4. The van der Waals surface area contributed by atoms with E-state index in [0.29, 0.717) is 33.7 Å². The molecule has 0 bridgehead atoms. The number of carbonyl (C=O) groups excluding carboxylic acids is 1. The van der Waals surface area contributed by atoms with E-state index in [0.717, 1.165) is 25.6 Å². The zero-order chi connectivity index (χ0) is 20.4. The van der Waals surface area contributed by atoms with Crippen LogP contribution in [-0.4, -0.2) is 33.9 Å². The summed E-state index contributed by atoms with van der Waals surface area (Å²) in [6.07, 6.45) is 4.46. The molecule has 4 rings (SSSR count).